The normalized spacial score (nSPS) is 20.4. The summed E-state index contributed by atoms with van der Waals surface area (Å²) in [5, 5.41) is 2.12. The number of hydrogen-bond donors (Lipinski definition) is 0. The number of fused-ring (bicyclic) bond motifs is 2. The highest BCUT2D eigenvalue weighted by molar-refractivity contribution is 7.10. The Morgan fingerprint density at radius 2 is 2.14 bits per heavy atom. The lowest BCUT2D eigenvalue weighted by molar-refractivity contribution is -0.137. The summed E-state index contributed by atoms with van der Waals surface area (Å²) in [6.07, 6.45) is 1.78. The molecule has 0 radical (unpaired) electrons. The highest BCUT2D eigenvalue weighted by Crippen LogP contribution is 2.30. The van der Waals surface area contributed by atoms with Crippen molar-refractivity contribution in [3.63, 3.8) is 0 Å². The lowest BCUT2D eigenvalue weighted by Gasteiger charge is -2.32. The zero-order valence-electron chi connectivity index (χ0n) is 11.7. The average molecular weight is 299 g/mol. The van der Waals surface area contributed by atoms with Crippen LogP contribution in [-0.2, 0) is 24.2 Å². The van der Waals surface area contributed by atoms with Gasteiger partial charge in [-0.05, 0) is 41.5 Å². The van der Waals surface area contributed by atoms with E-state index >= 15 is 0 Å². The zero-order chi connectivity index (χ0) is 14.2. The van der Waals surface area contributed by atoms with Gasteiger partial charge in [0.15, 0.2) is 0 Å². The minimum Gasteiger partial charge on any atom is -0.492 e. The van der Waals surface area contributed by atoms with Gasteiger partial charge in [-0.25, -0.2) is 0 Å². The van der Waals surface area contributed by atoms with Gasteiger partial charge in [-0.2, -0.15) is 0 Å². The molecule has 3 heterocycles. The van der Waals surface area contributed by atoms with E-state index in [1.807, 2.05) is 23.1 Å². The Balaban J connectivity index is 1.49. The maximum Gasteiger partial charge on any atom is 0.229 e. The Hall–Kier alpha value is -1.81. The number of benzene rings is 1. The van der Waals surface area contributed by atoms with E-state index in [0.29, 0.717) is 6.61 Å². The van der Waals surface area contributed by atoms with Crippen LogP contribution in [0.5, 0.6) is 5.75 Å². The van der Waals surface area contributed by atoms with E-state index in [9.17, 15) is 4.79 Å². The van der Waals surface area contributed by atoms with Crippen molar-refractivity contribution in [2.24, 2.45) is 5.92 Å². The van der Waals surface area contributed by atoms with Gasteiger partial charge < -0.3 is 9.64 Å². The van der Waals surface area contributed by atoms with Crippen LogP contribution >= 0.6 is 11.3 Å². The quantitative estimate of drug-likeness (QED) is 0.810. The van der Waals surface area contributed by atoms with Crippen molar-refractivity contribution < 1.29 is 9.53 Å². The molecule has 1 aromatic heterocycles. The first kappa shape index (κ1) is 12.9. The van der Waals surface area contributed by atoms with Gasteiger partial charge in [0.1, 0.15) is 12.4 Å². The first-order valence-electron chi connectivity index (χ1n) is 7.36. The molecule has 0 unspecified atom stereocenters. The molecule has 1 aromatic carbocycles. The van der Waals surface area contributed by atoms with Gasteiger partial charge in [0.25, 0.3) is 0 Å². The first-order valence-corrected chi connectivity index (χ1v) is 8.24. The molecule has 1 amide bonds. The summed E-state index contributed by atoms with van der Waals surface area (Å²) in [4.78, 5) is 16.2. The molecule has 0 bridgehead atoms. The summed E-state index contributed by atoms with van der Waals surface area (Å²) in [6, 6.07) is 10.2. The van der Waals surface area contributed by atoms with Gasteiger partial charge in [0.05, 0.1) is 5.92 Å². The Bertz CT molecular complexity index is 679. The molecule has 2 aromatic rings. The van der Waals surface area contributed by atoms with Crippen LogP contribution in [0, 0.1) is 5.92 Å². The average Bonchev–Trinajstić information content (AvgIpc) is 3.01. The molecule has 0 fully saturated rings. The third-order valence-corrected chi connectivity index (χ3v) is 5.37. The van der Waals surface area contributed by atoms with Gasteiger partial charge in [-0.15, -0.1) is 11.3 Å². The molecular weight excluding hydrogens is 282 g/mol. The van der Waals surface area contributed by atoms with Crippen LogP contribution in [0.2, 0.25) is 0 Å². The van der Waals surface area contributed by atoms with Crippen LogP contribution in [0.15, 0.2) is 35.7 Å². The molecule has 0 N–H and O–H groups in total. The third kappa shape index (κ3) is 2.33. The van der Waals surface area contributed by atoms with Crippen LogP contribution in [0.1, 0.15) is 16.0 Å². The Morgan fingerprint density at radius 3 is 3.10 bits per heavy atom. The number of nitrogens with zero attached hydrogens (tertiary/aromatic N) is 1. The van der Waals surface area contributed by atoms with Gasteiger partial charge in [0.2, 0.25) is 5.91 Å². The van der Waals surface area contributed by atoms with Crippen LogP contribution in [-0.4, -0.2) is 24.0 Å². The Morgan fingerprint density at radius 1 is 1.24 bits per heavy atom. The summed E-state index contributed by atoms with van der Waals surface area (Å²) in [5.41, 5.74) is 2.46. The van der Waals surface area contributed by atoms with E-state index in [4.69, 9.17) is 4.74 Å². The van der Waals surface area contributed by atoms with E-state index < -0.39 is 0 Å². The fourth-order valence-electron chi connectivity index (χ4n) is 3.18. The molecule has 0 spiro atoms. The summed E-state index contributed by atoms with van der Waals surface area (Å²) >= 11 is 1.80. The van der Waals surface area contributed by atoms with Crippen LogP contribution in [0.25, 0.3) is 0 Å². The Kier molecular flexibility index (Phi) is 3.19. The number of para-hydroxylation sites is 1. The molecule has 4 heteroatoms. The minimum atomic E-state index is -0.0416. The molecule has 21 heavy (non-hydrogen) atoms. The molecule has 3 nitrogen and oxygen atoms in total. The summed E-state index contributed by atoms with van der Waals surface area (Å²) in [5.74, 6) is 1.13. The van der Waals surface area contributed by atoms with Gasteiger partial charge in [0, 0.05) is 18.0 Å². The standard InChI is InChI=1S/C17H17NO2S/c19-17(18-7-5-16-13(10-18)6-8-21-16)14-9-12-3-1-2-4-15(12)20-11-14/h1-4,6,8,14H,5,7,9-11H2/t14-/m0/s1. The van der Waals surface area contributed by atoms with Gasteiger partial charge in [-0.3, -0.25) is 4.79 Å². The predicted octanol–water partition coefficient (Wildman–Crippen LogP) is 2.88. The number of rotatable bonds is 1. The minimum absolute atomic E-state index is 0.0416. The van der Waals surface area contributed by atoms with Crippen molar-refractivity contribution in [1.82, 2.24) is 4.90 Å². The van der Waals surface area contributed by atoms with E-state index in [0.717, 1.165) is 37.2 Å². The zero-order valence-corrected chi connectivity index (χ0v) is 12.6. The number of ether oxygens (including phenoxy) is 1. The van der Waals surface area contributed by atoms with Crippen molar-refractivity contribution in [3.05, 3.63) is 51.7 Å². The van der Waals surface area contributed by atoms with E-state index in [1.54, 1.807) is 11.3 Å². The fourth-order valence-corrected chi connectivity index (χ4v) is 4.07. The molecule has 2 aliphatic rings. The maximum absolute atomic E-state index is 12.7. The molecular formula is C17H17NO2S. The SMILES string of the molecule is O=C([C@@H]1COc2ccccc2C1)N1CCc2sccc2C1. The molecule has 0 saturated carbocycles. The number of carbonyl (C=O) groups is 1. The fraction of sp³-hybridized carbons (Fsp3) is 0.353. The number of hydrogen-bond acceptors (Lipinski definition) is 3. The van der Waals surface area contributed by atoms with Crippen LogP contribution < -0.4 is 4.74 Å². The second-order valence-corrected chi connectivity index (χ2v) is 6.70. The van der Waals surface area contributed by atoms with Crippen LogP contribution in [0.3, 0.4) is 0 Å². The van der Waals surface area contributed by atoms with Crippen molar-refractivity contribution >= 4 is 17.2 Å². The predicted molar refractivity (Wildman–Crippen MR) is 82.6 cm³/mol. The molecule has 2 aliphatic heterocycles. The number of thiophene rings is 1. The maximum atomic E-state index is 12.7. The molecule has 1 atom stereocenters. The number of carbonyl (C=O) groups excluding carboxylic acids is 1. The van der Waals surface area contributed by atoms with Crippen LogP contribution in [0.4, 0.5) is 0 Å². The second kappa shape index (κ2) is 5.19. The highest BCUT2D eigenvalue weighted by Gasteiger charge is 2.31. The van der Waals surface area contributed by atoms with E-state index in [2.05, 4.69) is 17.5 Å². The topological polar surface area (TPSA) is 29.5 Å². The van der Waals surface area contributed by atoms with E-state index in [1.165, 1.54) is 10.4 Å². The lowest BCUT2D eigenvalue weighted by atomic mass is 9.94. The molecule has 108 valence electrons. The first-order chi connectivity index (χ1) is 10.3. The number of amides is 1. The largest absolute Gasteiger partial charge is 0.492 e. The van der Waals surface area contributed by atoms with Crippen molar-refractivity contribution in [1.29, 1.82) is 0 Å². The molecule has 4 rings (SSSR count). The van der Waals surface area contributed by atoms with Crippen molar-refractivity contribution in [2.45, 2.75) is 19.4 Å². The summed E-state index contributed by atoms with van der Waals surface area (Å²) < 4.78 is 5.76. The summed E-state index contributed by atoms with van der Waals surface area (Å²) in [6.45, 7) is 2.10. The van der Waals surface area contributed by atoms with Gasteiger partial charge in [-0.1, -0.05) is 18.2 Å². The Labute approximate surface area is 128 Å². The monoisotopic (exact) mass is 299 g/mol. The molecule has 0 saturated heterocycles. The summed E-state index contributed by atoms with van der Waals surface area (Å²) in [7, 11) is 0. The van der Waals surface area contributed by atoms with Crippen molar-refractivity contribution in [3.8, 4) is 5.75 Å². The third-order valence-electron chi connectivity index (χ3n) is 4.35. The van der Waals surface area contributed by atoms with Gasteiger partial charge >= 0.3 is 0 Å². The smallest absolute Gasteiger partial charge is 0.229 e. The second-order valence-electron chi connectivity index (χ2n) is 5.70. The van der Waals surface area contributed by atoms with Crippen molar-refractivity contribution in [2.75, 3.05) is 13.2 Å². The molecule has 0 aliphatic carbocycles. The lowest BCUT2D eigenvalue weighted by Crippen LogP contribution is -2.42. The highest BCUT2D eigenvalue weighted by atomic mass is 32.1. The van der Waals surface area contributed by atoms with E-state index in [-0.39, 0.29) is 11.8 Å².